The van der Waals surface area contributed by atoms with Crippen molar-refractivity contribution in [3.8, 4) is 11.3 Å². The summed E-state index contributed by atoms with van der Waals surface area (Å²) in [7, 11) is 0. The Labute approximate surface area is 163 Å². The van der Waals surface area contributed by atoms with Crippen molar-refractivity contribution >= 4 is 16.9 Å². The summed E-state index contributed by atoms with van der Waals surface area (Å²) in [6, 6.07) is 12.2. The Kier molecular flexibility index (Phi) is 4.58. The fraction of sp³-hybridized carbons (Fsp3) is 0.364. The number of fused-ring (bicyclic) bond motifs is 1. The third-order valence-electron chi connectivity index (χ3n) is 5.80. The van der Waals surface area contributed by atoms with Gasteiger partial charge in [0.05, 0.1) is 31.2 Å². The average molecular weight is 377 g/mol. The van der Waals surface area contributed by atoms with Crippen molar-refractivity contribution in [2.45, 2.75) is 24.9 Å². The highest BCUT2D eigenvalue weighted by molar-refractivity contribution is 5.96. The minimum atomic E-state index is -0.00791. The van der Waals surface area contributed by atoms with Crippen LogP contribution in [0.3, 0.4) is 0 Å². The Morgan fingerprint density at radius 3 is 2.57 bits per heavy atom. The van der Waals surface area contributed by atoms with Crippen molar-refractivity contribution in [3.05, 3.63) is 54.4 Å². The number of carbonyl (C=O) groups excluding carboxylic acids is 1. The number of amides is 1. The second kappa shape index (κ2) is 7.37. The van der Waals surface area contributed by atoms with Crippen LogP contribution in [-0.4, -0.2) is 54.2 Å². The number of piperidine rings is 1. The smallest absolute Gasteiger partial charge is 0.251 e. The molecule has 5 rings (SSSR count). The van der Waals surface area contributed by atoms with E-state index < -0.39 is 0 Å². The van der Waals surface area contributed by atoms with E-state index in [1.54, 1.807) is 12.5 Å². The van der Waals surface area contributed by atoms with Crippen LogP contribution >= 0.6 is 0 Å². The summed E-state index contributed by atoms with van der Waals surface area (Å²) in [5.41, 5.74) is 3.33. The minimum absolute atomic E-state index is 0.00791. The molecule has 1 amide bonds. The molecule has 6 nitrogen and oxygen atoms in total. The van der Waals surface area contributed by atoms with Gasteiger partial charge in [0, 0.05) is 41.8 Å². The van der Waals surface area contributed by atoms with Gasteiger partial charge in [-0.3, -0.25) is 14.7 Å². The van der Waals surface area contributed by atoms with Crippen molar-refractivity contribution in [1.29, 1.82) is 0 Å². The second-order valence-electron chi connectivity index (χ2n) is 7.54. The van der Waals surface area contributed by atoms with E-state index in [9.17, 15) is 4.79 Å². The third kappa shape index (κ3) is 3.30. The number of nitrogens with zero attached hydrogens (tertiary/aromatic N) is 2. The lowest BCUT2D eigenvalue weighted by Crippen LogP contribution is -2.54. The summed E-state index contributed by atoms with van der Waals surface area (Å²) in [5.74, 6) is -0.00791. The Balaban J connectivity index is 1.23. The van der Waals surface area contributed by atoms with E-state index in [2.05, 4.69) is 15.2 Å². The van der Waals surface area contributed by atoms with Gasteiger partial charge in [0.15, 0.2) is 0 Å². The molecule has 1 N–H and O–H groups in total. The number of furan rings is 1. The van der Waals surface area contributed by atoms with Gasteiger partial charge in [0.2, 0.25) is 0 Å². The van der Waals surface area contributed by atoms with Crippen LogP contribution in [-0.2, 0) is 4.74 Å². The topological polar surface area (TPSA) is 67.6 Å². The number of rotatable bonds is 4. The van der Waals surface area contributed by atoms with E-state index in [4.69, 9.17) is 9.15 Å². The SMILES string of the molecule is O=C(NC1CCN(C2COC2)CC1)c1ccc(-c2nccc3occc23)cc1. The van der Waals surface area contributed by atoms with Crippen LogP contribution in [0.2, 0.25) is 0 Å². The van der Waals surface area contributed by atoms with E-state index in [-0.39, 0.29) is 11.9 Å². The Morgan fingerprint density at radius 2 is 1.86 bits per heavy atom. The summed E-state index contributed by atoms with van der Waals surface area (Å²) < 4.78 is 10.7. The Morgan fingerprint density at radius 1 is 1.07 bits per heavy atom. The fourth-order valence-corrected chi connectivity index (χ4v) is 4.02. The number of ether oxygens (including phenoxy) is 1. The van der Waals surface area contributed by atoms with Crippen LogP contribution in [0.1, 0.15) is 23.2 Å². The molecule has 0 saturated carbocycles. The molecule has 0 radical (unpaired) electrons. The van der Waals surface area contributed by atoms with E-state index >= 15 is 0 Å². The monoisotopic (exact) mass is 377 g/mol. The number of aromatic nitrogens is 1. The van der Waals surface area contributed by atoms with Gasteiger partial charge in [-0.25, -0.2) is 0 Å². The number of nitrogens with one attached hydrogen (secondary N) is 1. The van der Waals surface area contributed by atoms with Gasteiger partial charge in [0.1, 0.15) is 5.58 Å². The Hall–Kier alpha value is -2.70. The summed E-state index contributed by atoms with van der Waals surface area (Å²) in [6.45, 7) is 3.76. The van der Waals surface area contributed by atoms with E-state index in [0.717, 1.165) is 61.4 Å². The molecule has 0 spiro atoms. The molecule has 2 saturated heterocycles. The molecular formula is C22H23N3O3. The maximum Gasteiger partial charge on any atom is 0.251 e. The molecule has 3 aromatic rings. The van der Waals surface area contributed by atoms with Crippen LogP contribution in [0, 0.1) is 0 Å². The molecule has 4 heterocycles. The molecular weight excluding hydrogens is 354 g/mol. The molecule has 2 fully saturated rings. The molecule has 2 aliphatic heterocycles. The van der Waals surface area contributed by atoms with Gasteiger partial charge < -0.3 is 14.5 Å². The van der Waals surface area contributed by atoms with Crippen molar-refractivity contribution in [2.75, 3.05) is 26.3 Å². The third-order valence-corrected chi connectivity index (χ3v) is 5.80. The highest BCUT2D eigenvalue weighted by Gasteiger charge is 2.30. The number of carbonyl (C=O) groups is 1. The molecule has 2 aliphatic rings. The largest absolute Gasteiger partial charge is 0.464 e. The molecule has 6 heteroatoms. The number of pyridine rings is 1. The zero-order valence-electron chi connectivity index (χ0n) is 15.6. The highest BCUT2D eigenvalue weighted by Crippen LogP contribution is 2.27. The molecule has 2 aromatic heterocycles. The van der Waals surface area contributed by atoms with Crippen LogP contribution < -0.4 is 5.32 Å². The average Bonchev–Trinajstić information content (AvgIpc) is 3.17. The molecule has 144 valence electrons. The molecule has 0 unspecified atom stereocenters. The summed E-state index contributed by atoms with van der Waals surface area (Å²) in [5, 5.41) is 4.16. The lowest BCUT2D eigenvalue weighted by Gasteiger charge is -2.41. The number of hydrogen-bond donors (Lipinski definition) is 1. The standard InChI is InChI=1S/C22H23N3O3/c26-22(24-17-6-10-25(11-7-17)18-13-27-14-18)16-3-1-15(2-4-16)21-19-8-12-28-20(19)5-9-23-21/h1-5,8-9,12,17-18H,6-7,10-11,13-14H2,(H,24,26). The first-order valence-corrected chi connectivity index (χ1v) is 9.83. The molecule has 0 atom stereocenters. The first-order chi connectivity index (χ1) is 13.8. The van der Waals surface area contributed by atoms with Gasteiger partial charge >= 0.3 is 0 Å². The summed E-state index contributed by atoms with van der Waals surface area (Å²) in [6.07, 6.45) is 5.39. The Bertz CT molecular complexity index is 970. The van der Waals surface area contributed by atoms with Crippen LogP contribution in [0.15, 0.2) is 53.3 Å². The van der Waals surface area contributed by atoms with Crippen molar-refractivity contribution in [3.63, 3.8) is 0 Å². The van der Waals surface area contributed by atoms with Crippen molar-refractivity contribution in [1.82, 2.24) is 15.2 Å². The first kappa shape index (κ1) is 17.4. The quantitative estimate of drug-likeness (QED) is 0.757. The highest BCUT2D eigenvalue weighted by atomic mass is 16.5. The van der Waals surface area contributed by atoms with E-state index in [0.29, 0.717) is 11.6 Å². The van der Waals surface area contributed by atoms with E-state index in [1.807, 2.05) is 36.4 Å². The van der Waals surface area contributed by atoms with Gasteiger partial charge in [-0.1, -0.05) is 12.1 Å². The van der Waals surface area contributed by atoms with Gasteiger partial charge in [-0.05, 0) is 37.1 Å². The van der Waals surface area contributed by atoms with Crippen molar-refractivity contribution < 1.29 is 13.9 Å². The number of hydrogen-bond acceptors (Lipinski definition) is 5. The maximum absolute atomic E-state index is 12.6. The predicted molar refractivity (Wildman–Crippen MR) is 106 cm³/mol. The normalized spacial score (nSPS) is 18.9. The molecule has 28 heavy (non-hydrogen) atoms. The maximum atomic E-state index is 12.6. The van der Waals surface area contributed by atoms with Gasteiger partial charge in [0.25, 0.3) is 5.91 Å². The molecule has 1 aromatic carbocycles. The lowest BCUT2D eigenvalue weighted by molar-refractivity contribution is -0.0716. The van der Waals surface area contributed by atoms with Crippen LogP contribution in [0.25, 0.3) is 22.2 Å². The van der Waals surface area contributed by atoms with Crippen LogP contribution in [0.5, 0.6) is 0 Å². The fourth-order valence-electron chi connectivity index (χ4n) is 4.02. The zero-order valence-corrected chi connectivity index (χ0v) is 15.6. The van der Waals surface area contributed by atoms with Gasteiger partial charge in [-0.15, -0.1) is 0 Å². The summed E-state index contributed by atoms with van der Waals surface area (Å²) >= 11 is 0. The zero-order chi connectivity index (χ0) is 18.9. The van der Waals surface area contributed by atoms with E-state index in [1.165, 1.54) is 0 Å². The van der Waals surface area contributed by atoms with Crippen LogP contribution in [0.4, 0.5) is 0 Å². The second-order valence-corrected chi connectivity index (χ2v) is 7.54. The minimum Gasteiger partial charge on any atom is -0.464 e. The van der Waals surface area contributed by atoms with Gasteiger partial charge in [-0.2, -0.15) is 0 Å². The first-order valence-electron chi connectivity index (χ1n) is 9.83. The summed E-state index contributed by atoms with van der Waals surface area (Å²) in [4.78, 5) is 19.6. The number of likely N-dealkylation sites (tertiary alicyclic amines) is 1. The lowest BCUT2D eigenvalue weighted by atomic mass is 10.0. The number of benzene rings is 1. The molecule has 0 bridgehead atoms. The van der Waals surface area contributed by atoms with Crippen molar-refractivity contribution in [2.24, 2.45) is 0 Å². The predicted octanol–water partition coefficient (Wildman–Crippen LogP) is 3.09. The molecule has 0 aliphatic carbocycles.